The Balaban J connectivity index is 2.00. The van der Waals surface area contributed by atoms with Gasteiger partial charge in [-0.1, -0.05) is 46.3 Å². The van der Waals surface area contributed by atoms with Crippen molar-refractivity contribution in [3.8, 4) is 0 Å². The molecule has 94 valence electrons. The first kappa shape index (κ1) is 13.2. The highest BCUT2D eigenvalue weighted by Gasteiger charge is 2.07. The Bertz CT molecular complexity index is 406. The SMILES string of the molecule is BrCCN(Cc1ccccc1)Cc1ncccn1. The molecule has 0 spiro atoms. The molecule has 4 heteroatoms. The molecule has 0 atom stereocenters. The molecule has 0 aliphatic heterocycles. The molecule has 1 aromatic carbocycles. The van der Waals surface area contributed by atoms with Gasteiger partial charge in [0.15, 0.2) is 0 Å². The summed E-state index contributed by atoms with van der Waals surface area (Å²) >= 11 is 3.49. The lowest BCUT2D eigenvalue weighted by Crippen LogP contribution is -2.25. The van der Waals surface area contributed by atoms with Crippen LogP contribution in [0.4, 0.5) is 0 Å². The van der Waals surface area contributed by atoms with Crippen LogP contribution in [0.5, 0.6) is 0 Å². The lowest BCUT2D eigenvalue weighted by Gasteiger charge is -2.20. The molecule has 18 heavy (non-hydrogen) atoms. The largest absolute Gasteiger partial charge is 0.291 e. The fraction of sp³-hybridized carbons (Fsp3) is 0.286. The topological polar surface area (TPSA) is 29.0 Å². The summed E-state index contributed by atoms with van der Waals surface area (Å²) in [5.41, 5.74) is 1.31. The van der Waals surface area contributed by atoms with Crippen molar-refractivity contribution < 1.29 is 0 Å². The minimum Gasteiger partial charge on any atom is -0.291 e. The van der Waals surface area contributed by atoms with Gasteiger partial charge < -0.3 is 0 Å². The Morgan fingerprint density at radius 2 is 1.67 bits per heavy atom. The third-order valence-electron chi connectivity index (χ3n) is 2.63. The standard InChI is InChI=1S/C14H16BrN3/c15-7-10-18(11-13-5-2-1-3-6-13)12-14-16-8-4-9-17-14/h1-6,8-9H,7,10-12H2. The molecule has 0 N–H and O–H groups in total. The molecular formula is C14H16BrN3. The fourth-order valence-corrected chi connectivity index (χ4v) is 2.29. The maximum Gasteiger partial charge on any atom is 0.142 e. The number of hydrogen-bond donors (Lipinski definition) is 0. The van der Waals surface area contributed by atoms with E-state index in [-0.39, 0.29) is 0 Å². The average Bonchev–Trinajstić information content (AvgIpc) is 2.41. The highest BCUT2D eigenvalue weighted by molar-refractivity contribution is 9.09. The second kappa shape index (κ2) is 7.24. The van der Waals surface area contributed by atoms with Crippen LogP contribution in [-0.2, 0) is 13.1 Å². The number of halogens is 1. The Hall–Kier alpha value is -1.26. The maximum absolute atomic E-state index is 4.27. The third-order valence-corrected chi connectivity index (χ3v) is 2.99. The molecule has 1 aromatic heterocycles. The second-order valence-corrected chi connectivity index (χ2v) is 4.84. The molecule has 0 saturated heterocycles. The minimum absolute atomic E-state index is 0.779. The van der Waals surface area contributed by atoms with E-state index in [1.54, 1.807) is 12.4 Å². The van der Waals surface area contributed by atoms with Crippen LogP contribution in [0.25, 0.3) is 0 Å². The first-order chi connectivity index (χ1) is 8.88. The van der Waals surface area contributed by atoms with Gasteiger partial charge in [0.2, 0.25) is 0 Å². The van der Waals surface area contributed by atoms with Gasteiger partial charge in [0.25, 0.3) is 0 Å². The molecule has 0 aliphatic rings. The van der Waals surface area contributed by atoms with E-state index in [1.165, 1.54) is 5.56 Å². The summed E-state index contributed by atoms with van der Waals surface area (Å²) in [5.74, 6) is 0.870. The lowest BCUT2D eigenvalue weighted by molar-refractivity contribution is 0.267. The Kier molecular flexibility index (Phi) is 5.30. The number of benzene rings is 1. The van der Waals surface area contributed by atoms with E-state index in [2.05, 4.69) is 55.1 Å². The number of hydrogen-bond acceptors (Lipinski definition) is 3. The van der Waals surface area contributed by atoms with Crippen LogP contribution in [-0.4, -0.2) is 26.7 Å². The number of aromatic nitrogens is 2. The molecule has 0 amide bonds. The summed E-state index contributed by atoms with van der Waals surface area (Å²) in [6.07, 6.45) is 3.58. The molecule has 0 unspecified atom stereocenters. The van der Waals surface area contributed by atoms with Gasteiger partial charge in [-0.3, -0.25) is 4.90 Å². The van der Waals surface area contributed by atoms with Crippen molar-refractivity contribution in [3.05, 3.63) is 60.2 Å². The highest BCUT2D eigenvalue weighted by atomic mass is 79.9. The van der Waals surface area contributed by atoms with Gasteiger partial charge in [-0.2, -0.15) is 0 Å². The van der Waals surface area contributed by atoms with Crippen LogP contribution < -0.4 is 0 Å². The zero-order valence-electron chi connectivity index (χ0n) is 10.2. The van der Waals surface area contributed by atoms with E-state index in [4.69, 9.17) is 0 Å². The Morgan fingerprint density at radius 1 is 0.944 bits per heavy atom. The fourth-order valence-electron chi connectivity index (χ4n) is 1.79. The Labute approximate surface area is 116 Å². The molecule has 1 heterocycles. The van der Waals surface area contributed by atoms with Crippen LogP contribution in [0, 0.1) is 0 Å². The molecule has 2 aromatic rings. The summed E-state index contributed by atoms with van der Waals surface area (Å²) in [5, 5.41) is 0.951. The quantitative estimate of drug-likeness (QED) is 0.769. The van der Waals surface area contributed by atoms with Gasteiger partial charge in [-0.25, -0.2) is 9.97 Å². The molecule has 0 radical (unpaired) electrons. The van der Waals surface area contributed by atoms with E-state index < -0.39 is 0 Å². The minimum atomic E-state index is 0.779. The van der Waals surface area contributed by atoms with Crippen molar-refractivity contribution in [3.63, 3.8) is 0 Å². The highest BCUT2D eigenvalue weighted by Crippen LogP contribution is 2.07. The molecule has 0 fully saturated rings. The van der Waals surface area contributed by atoms with Crippen LogP contribution in [0.1, 0.15) is 11.4 Å². The van der Waals surface area contributed by atoms with Crippen LogP contribution >= 0.6 is 15.9 Å². The molecule has 0 aliphatic carbocycles. The van der Waals surface area contributed by atoms with Crippen molar-refractivity contribution in [2.45, 2.75) is 13.1 Å². The van der Waals surface area contributed by atoms with E-state index in [1.807, 2.05) is 12.1 Å². The molecule has 0 bridgehead atoms. The molecule has 2 rings (SSSR count). The van der Waals surface area contributed by atoms with Crippen molar-refractivity contribution in [1.82, 2.24) is 14.9 Å². The van der Waals surface area contributed by atoms with Gasteiger partial charge in [0, 0.05) is 30.8 Å². The molecular weight excluding hydrogens is 290 g/mol. The summed E-state index contributed by atoms with van der Waals surface area (Å²) < 4.78 is 0. The summed E-state index contributed by atoms with van der Waals surface area (Å²) in [6.45, 7) is 2.68. The van der Waals surface area contributed by atoms with Crippen molar-refractivity contribution >= 4 is 15.9 Å². The molecule has 3 nitrogen and oxygen atoms in total. The van der Waals surface area contributed by atoms with E-state index in [9.17, 15) is 0 Å². The van der Waals surface area contributed by atoms with Crippen LogP contribution in [0.2, 0.25) is 0 Å². The zero-order chi connectivity index (χ0) is 12.6. The van der Waals surface area contributed by atoms with Gasteiger partial charge in [0.1, 0.15) is 5.82 Å². The monoisotopic (exact) mass is 305 g/mol. The third kappa shape index (κ3) is 4.20. The second-order valence-electron chi connectivity index (χ2n) is 4.05. The van der Waals surface area contributed by atoms with Gasteiger partial charge in [-0.15, -0.1) is 0 Å². The number of rotatable bonds is 6. The summed E-state index contributed by atoms with van der Waals surface area (Å²) in [7, 11) is 0. The van der Waals surface area contributed by atoms with E-state index in [0.29, 0.717) is 0 Å². The first-order valence-electron chi connectivity index (χ1n) is 5.96. The smallest absolute Gasteiger partial charge is 0.142 e. The maximum atomic E-state index is 4.27. The Morgan fingerprint density at radius 3 is 2.33 bits per heavy atom. The van der Waals surface area contributed by atoms with Crippen molar-refractivity contribution in [1.29, 1.82) is 0 Å². The van der Waals surface area contributed by atoms with E-state index in [0.717, 1.165) is 30.8 Å². The molecule has 0 saturated carbocycles. The van der Waals surface area contributed by atoms with Gasteiger partial charge in [-0.05, 0) is 11.6 Å². The van der Waals surface area contributed by atoms with Crippen LogP contribution in [0.15, 0.2) is 48.8 Å². The van der Waals surface area contributed by atoms with Gasteiger partial charge in [0.05, 0.1) is 6.54 Å². The van der Waals surface area contributed by atoms with Crippen molar-refractivity contribution in [2.75, 3.05) is 11.9 Å². The lowest BCUT2D eigenvalue weighted by atomic mass is 10.2. The summed E-state index contributed by atoms with van der Waals surface area (Å²) in [4.78, 5) is 10.9. The normalized spacial score (nSPS) is 10.8. The predicted molar refractivity (Wildman–Crippen MR) is 76.4 cm³/mol. The first-order valence-corrected chi connectivity index (χ1v) is 7.09. The number of alkyl halides is 1. The van der Waals surface area contributed by atoms with Crippen molar-refractivity contribution in [2.24, 2.45) is 0 Å². The van der Waals surface area contributed by atoms with E-state index >= 15 is 0 Å². The number of nitrogens with zero attached hydrogens (tertiary/aromatic N) is 3. The van der Waals surface area contributed by atoms with Gasteiger partial charge >= 0.3 is 0 Å². The average molecular weight is 306 g/mol. The predicted octanol–water partition coefficient (Wildman–Crippen LogP) is 2.87. The van der Waals surface area contributed by atoms with Crippen LogP contribution in [0.3, 0.4) is 0 Å². The zero-order valence-corrected chi connectivity index (χ0v) is 11.8. The summed E-state index contributed by atoms with van der Waals surface area (Å²) in [6, 6.07) is 12.3.